The first-order valence-corrected chi connectivity index (χ1v) is 7.86. The van der Waals surface area contributed by atoms with Crippen LogP contribution in [0.3, 0.4) is 0 Å². The molecular formula is AlCl4LiNa+. The van der Waals surface area contributed by atoms with Gasteiger partial charge < -0.3 is 40.2 Å². The van der Waals surface area contributed by atoms with E-state index in [0.29, 0.717) is 0 Å². The van der Waals surface area contributed by atoms with Crippen LogP contribution in [0.5, 0.6) is 0 Å². The van der Waals surface area contributed by atoms with Crippen LogP contribution in [-0.2, 0) is 0 Å². The van der Waals surface area contributed by atoms with Crippen molar-refractivity contribution >= 4 is 49.6 Å². The minimum atomic E-state index is -2.94. The summed E-state index contributed by atoms with van der Waals surface area (Å²) in [5, 5.41) is 0. The smallest absolute Gasteiger partial charge is 0.391 e. The third kappa shape index (κ3) is 45.6. The van der Waals surface area contributed by atoms with E-state index in [1.54, 1.807) is 0 Å². The first kappa shape index (κ1) is 16.7. The number of rotatable bonds is 0. The fraction of sp³-hybridized carbons (Fsp3) is 0. The zero-order valence-electron chi connectivity index (χ0n) is 4.09. The van der Waals surface area contributed by atoms with E-state index in [1.807, 2.05) is 0 Å². The van der Waals surface area contributed by atoms with E-state index in [-0.39, 0.29) is 48.4 Å². The van der Waals surface area contributed by atoms with Crippen LogP contribution in [0.4, 0.5) is 0 Å². The Morgan fingerprint density at radius 3 is 0.857 bits per heavy atom. The van der Waals surface area contributed by atoms with Crippen molar-refractivity contribution < 1.29 is 48.4 Å². The summed E-state index contributed by atoms with van der Waals surface area (Å²) in [5.41, 5.74) is 0. The molecule has 0 N–H and O–H groups in total. The molecule has 7 heteroatoms. The van der Waals surface area contributed by atoms with Gasteiger partial charge in [-0.1, -0.05) is 0 Å². The first-order valence-electron chi connectivity index (χ1n) is 0.873. The van der Waals surface area contributed by atoms with Crippen molar-refractivity contribution in [1.29, 1.82) is 0 Å². The molecule has 0 nitrogen and oxygen atoms in total. The summed E-state index contributed by atoms with van der Waals surface area (Å²) in [6.45, 7) is 0. The second-order valence-electron chi connectivity index (χ2n) is 0.495. The second-order valence-corrected chi connectivity index (χ2v) is 13.4. The largest absolute Gasteiger partial charge is 1.00 e. The normalized spacial score (nSPS) is 8.57. The van der Waals surface area contributed by atoms with E-state index in [9.17, 15) is 0 Å². The van der Waals surface area contributed by atoms with Gasteiger partial charge in [0.25, 0.3) is 0 Å². The Morgan fingerprint density at radius 1 is 0.857 bits per heavy atom. The molecule has 0 aliphatic heterocycles. The fourth-order valence-electron chi connectivity index (χ4n) is 0. The summed E-state index contributed by atoms with van der Waals surface area (Å²) < 4.78 is 0. The summed E-state index contributed by atoms with van der Waals surface area (Å²) in [6, 6.07) is 0. The monoisotopic (exact) mass is 197 g/mol. The Hall–Kier alpha value is 3.29. The topological polar surface area (TPSA) is 0 Å². The van der Waals surface area contributed by atoms with E-state index in [4.69, 9.17) is 40.2 Å². The van der Waals surface area contributed by atoms with Crippen LogP contribution >= 0.6 is 40.2 Å². The molecule has 0 aliphatic rings. The summed E-state index contributed by atoms with van der Waals surface area (Å²) in [4.78, 5) is 0. The number of halogens is 4. The van der Waals surface area contributed by atoms with Gasteiger partial charge in [-0.05, 0) is 0 Å². The van der Waals surface area contributed by atoms with Crippen LogP contribution in [0.15, 0.2) is 0 Å². The van der Waals surface area contributed by atoms with Crippen molar-refractivity contribution in [3.05, 3.63) is 0 Å². The number of hydrogen-bond acceptors (Lipinski definition) is 0. The molecule has 0 aromatic heterocycles. The predicted octanol–water partition coefficient (Wildman–Crippen LogP) is -3.61. The predicted molar refractivity (Wildman–Crippen MR) is 29.2 cm³/mol. The maximum Gasteiger partial charge on any atom is 1.00 e. The van der Waals surface area contributed by atoms with Crippen LogP contribution in [-0.4, -0.2) is 9.39 Å². The van der Waals surface area contributed by atoms with E-state index in [2.05, 4.69) is 0 Å². The molecule has 0 bridgehead atoms. The molecule has 0 radical (unpaired) electrons. The molecular weight excluding hydrogens is 199 g/mol. The van der Waals surface area contributed by atoms with E-state index in [0.717, 1.165) is 0 Å². The molecule has 0 atom stereocenters. The molecule has 7 heavy (non-hydrogen) atoms. The van der Waals surface area contributed by atoms with Gasteiger partial charge in [-0.15, -0.1) is 0 Å². The van der Waals surface area contributed by atoms with Crippen molar-refractivity contribution in [3.63, 3.8) is 0 Å². The van der Waals surface area contributed by atoms with Gasteiger partial charge in [0, 0.05) is 0 Å². The van der Waals surface area contributed by atoms with Gasteiger partial charge >= 0.3 is 57.8 Å². The van der Waals surface area contributed by atoms with Crippen molar-refractivity contribution in [2.75, 3.05) is 0 Å². The summed E-state index contributed by atoms with van der Waals surface area (Å²) in [7, 11) is 17.0. The Bertz CT molecular complexity index is 27.2. The second kappa shape index (κ2) is 7.40. The quantitative estimate of drug-likeness (QED) is 0.353. The molecule has 0 unspecified atom stereocenters. The molecule has 0 heterocycles. The average Bonchev–Trinajstić information content (AvgIpc) is 0.722. The van der Waals surface area contributed by atoms with Gasteiger partial charge in [-0.2, -0.15) is 0 Å². The Morgan fingerprint density at radius 2 is 0.857 bits per heavy atom. The zero-order chi connectivity index (χ0) is 4.50. The Kier molecular flexibility index (Phi) is 17.7. The van der Waals surface area contributed by atoms with Gasteiger partial charge in [-0.3, -0.25) is 0 Å². The molecule has 32 valence electrons. The third-order valence-electron chi connectivity index (χ3n) is 0. The van der Waals surface area contributed by atoms with E-state index >= 15 is 0 Å². The van der Waals surface area contributed by atoms with Crippen molar-refractivity contribution in [2.45, 2.75) is 0 Å². The van der Waals surface area contributed by atoms with Gasteiger partial charge in [0.05, 0.1) is 0 Å². The molecule has 0 amide bonds. The Balaban J connectivity index is -0.0000000800. The summed E-state index contributed by atoms with van der Waals surface area (Å²) in [6.07, 6.45) is 0. The Labute approximate surface area is 96.2 Å². The fourth-order valence-corrected chi connectivity index (χ4v) is 0. The van der Waals surface area contributed by atoms with Crippen LogP contribution in [0.2, 0.25) is 0 Å². The van der Waals surface area contributed by atoms with Gasteiger partial charge in [0.2, 0.25) is 0 Å². The molecule has 0 fully saturated rings. The van der Waals surface area contributed by atoms with Crippen LogP contribution < -0.4 is 48.4 Å². The van der Waals surface area contributed by atoms with Crippen LogP contribution in [0.25, 0.3) is 0 Å². The SMILES string of the molecule is [Cl][Al-]([Cl])([Cl])[Cl].[Li+].[Na+]. The molecule has 0 spiro atoms. The molecule has 0 rings (SSSR count). The van der Waals surface area contributed by atoms with Crippen molar-refractivity contribution in [3.8, 4) is 0 Å². The standard InChI is InChI=1S/Al.4ClH.Li.Na/h;4*1H;;/q+3;;;;;2*+1/p-4. The first-order chi connectivity index (χ1) is 2.00. The zero-order valence-corrected chi connectivity index (χ0v) is 10.3. The van der Waals surface area contributed by atoms with Gasteiger partial charge in [-0.25, -0.2) is 0 Å². The van der Waals surface area contributed by atoms with E-state index in [1.165, 1.54) is 0 Å². The maximum absolute atomic E-state index is 4.99. The van der Waals surface area contributed by atoms with Crippen molar-refractivity contribution in [1.82, 2.24) is 0 Å². The number of hydrogen-bond donors (Lipinski definition) is 0. The molecule has 0 aromatic carbocycles. The van der Waals surface area contributed by atoms with Crippen LogP contribution in [0, 0.1) is 0 Å². The minimum Gasteiger partial charge on any atom is -0.391 e. The third-order valence-corrected chi connectivity index (χ3v) is 0. The van der Waals surface area contributed by atoms with Gasteiger partial charge in [0.15, 0.2) is 0 Å². The van der Waals surface area contributed by atoms with E-state index < -0.39 is 9.39 Å². The van der Waals surface area contributed by atoms with Gasteiger partial charge in [0.1, 0.15) is 0 Å². The average molecular weight is 199 g/mol. The van der Waals surface area contributed by atoms with Crippen molar-refractivity contribution in [2.24, 2.45) is 0 Å². The molecule has 0 saturated carbocycles. The molecule has 0 saturated heterocycles. The minimum absolute atomic E-state index is 0. The summed E-state index contributed by atoms with van der Waals surface area (Å²) in [5.74, 6) is 0. The maximum atomic E-state index is 4.99. The summed E-state index contributed by atoms with van der Waals surface area (Å²) >= 11 is 0. The molecule has 0 aliphatic carbocycles. The molecule has 0 aromatic rings. The van der Waals surface area contributed by atoms with Crippen LogP contribution in [0.1, 0.15) is 0 Å².